The summed E-state index contributed by atoms with van der Waals surface area (Å²) in [5.74, 6) is -53.0. The largest absolute Gasteiger partial charge is 0.478 e. The first kappa shape index (κ1) is 32.9. The fourth-order valence-electron chi connectivity index (χ4n) is 2.25. The highest BCUT2D eigenvalue weighted by Gasteiger charge is 2.95. The smallest absolute Gasteiger partial charge is 0.460 e. The van der Waals surface area contributed by atoms with Gasteiger partial charge in [-0.2, -0.15) is 79.8 Å². The minimum Gasteiger partial charge on any atom is -0.478 e. The van der Waals surface area contributed by atoms with Crippen LogP contribution >= 0.6 is 0 Å². The Hall–Kier alpha value is -3.16. The molecular formula is C17H7F17N2O2. The Balaban J connectivity index is 3.60. The third kappa shape index (κ3) is 4.85. The van der Waals surface area contributed by atoms with Gasteiger partial charge in [-0.15, -0.1) is 5.11 Å². The third-order valence-electron chi connectivity index (χ3n) is 4.39. The van der Waals surface area contributed by atoms with Gasteiger partial charge in [0.05, 0.1) is 11.8 Å². The molecule has 1 rings (SSSR count). The van der Waals surface area contributed by atoms with Crippen molar-refractivity contribution in [2.75, 3.05) is 0 Å². The minimum atomic E-state index is -8.76. The molecule has 21 heteroatoms. The Morgan fingerprint density at radius 1 is 0.605 bits per heavy atom. The number of benzene rings is 1. The molecule has 1 aromatic rings. The lowest BCUT2D eigenvalue weighted by Crippen LogP contribution is -2.74. The number of carbonyl (C=O) groups is 1. The van der Waals surface area contributed by atoms with Crippen LogP contribution in [0.1, 0.15) is 5.56 Å². The van der Waals surface area contributed by atoms with Gasteiger partial charge in [0.25, 0.3) is 0 Å². The van der Waals surface area contributed by atoms with Crippen molar-refractivity contribution in [3.8, 4) is 0 Å². The maximum Gasteiger partial charge on any atom is 0.460 e. The third-order valence-corrected chi connectivity index (χ3v) is 4.39. The first-order chi connectivity index (χ1) is 16.6. The molecule has 0 aliphatic rings. The molecule has 1 aromatic carbocycles. The lowest BCUT2D eigenvalue weighted by atomic mass is 9.90. The first-order valence-corrected chi connectivity index (χ1v) is 8.77. The molecule has 0 radical (unpaired) electrons. The average Bonchev–Trinajstić information content (AvgIpc) is 2.75. The van der Waals surface area contributed by atoms with Crippen molar-refractivity contribution >= 4 is 11.5 Å². The number of halogens is 17. The number of carboxylic acids is 1. The lowest BCUT2D eigenvalue weighted by molar-refractivity contribution is -0.461. The molecule has 0 aromatic heterocycles. The Labute approximate surface area is 197 Å². The summed E-state index contributed by atoms with van der Waals surface area (Å²) >= 11 is 0. The number of hydrogen-bond acceptors (Lipinski definition) is 3. The number of aliphatic carboxylic acids is 1. The van der Waals surface area contributed by atoms with E-state index in [0.29, 0.717) is 0 Å². The van der Waals surface area contributed by atoms with Gasteiger partial charge in [0, 0.05) is 0 Å². The Morgan fingerprint density at radius 2 is 0.974 bits per heavy atom. The molecule has 0 spiro atoms. The maximum absolute atomic E-state index is 13.7. The van der Waals surface area contributed by atoms with Crippen LogP contribution in [0.4, 0.5) is 74.6 Å². The SMILES string of the molecule is O=C(O)C(=CN=NC(F)(F)C(F)(F)C(F)(F)C(F)(F)C(F)(F)C(F)(F)C(F)(F)C(F)(F)F)c1ccccc1. The topological polar surface area (TPSA) is 62.0 Å². The fraction of sp³-hybridized carbons (Fsp3) is 0.471. The van der Waals surface area contributed by atoms with Gasteiger partial charge in [-0.1, -0.05) is 30.3 Å². The van der Waals surface area contributed by atoms with E-state index in [1.165, 1.54) is 6.07 Å². The quantitative estimate of drug-likeness (QED) is 0.132. The first-order valence-electron chi connectivity index (χ1n) is 8.77. The zero-order chi connectivity index (χ0) is 30.4. The van der Waals surface area contributed by atoms with Crippen LogP contribution in [0.5, 0.6) is 0 Å². The van der Waals surface area contributed by atoms with Gasteiger partial charge in [-0.25, -0.2) is 4.79 Å². The predicted octanol–water partition coefficient (Wildman–Crippen LogP) is 7.53. The summed E-state index contributed by atoms with van der Waals surface area (Å²) in [5, 5.41) is 12.0. The van der Waals surface area contributed by atoms with Crippen LogP contribution in [0.2, 0.25) is 0 Å². The Morgan fingerprint density at radius 3 is 1.34 bits per heavy atom. The second kappa shape index (κ2) is 9.54. The summed E-state index contributed by atoms with van der Waals surface area (Å²) in [5.41, 5.74) is -1.62. The van der Waals surface area contributed by atoms with E-state index in [2.05, 4.69) is 0 Å². The van der Waals surface area contributed by atoms with E-state index in [0.717, 1.165) is 29.4 Å². The van der Waals surface area contributed by atoms with Crippen molar-refractivity contribution in [1.82, 2.24) is 0 Å². The van der Waals surface area contributed by atoms with E-state index in [9.17, 15) is 79.4 Å². The summed E-state index contributed by atoms with van der Waals surface area (Å²) < 4.78 is 224. The predicted molar refractivity (Wildman–Crippen MR) is 87.6 cm³/mol. The molecule has 0 atom stereocenters. The van der Waals surface area contributed by atoms with Crippen molar-refractivity contribution in [3.05, 3.63) is 42.1 Å². The molecule has 0 bridgehead atoms. The molecule has 0 amide bonds. The van der Waals surface area contributed by atoms with Crippen molar-refractivity contribution in [3.63, 3.8) is 0 Å². The van der Waals surface area contributed by atoms with E-state index < -0.39 is 64.9 Å². The second-order valence-corrected chi connectivity index (χ2v) is 6.91. The summed E-state index contributed by atoms with van der Waals surface area (Å²) in [7, 11) is 0. The highest BCUT2D eigenvalue weighted by molar-refractivity contribution is 6.15. The van der Waals surface area contributed by atoms with Gasteiger partial charge >= 0.3 is 53.7 Å². The van der Waals surface area contributed by atoms with Crippen LogP contribution in [0, 0.1) is 0 Å². The van der Waals surface area contributed by atoms with Gasteiger partial charge in [0.1, 0.15) is 0 Å². The number of hydrogen-bond donors (Lipinski definition) is 1. The van der Waals surface area contributed by atoms with Crippen molar-refractivity contribution < 1.29 is 84.5 Å². The van der Waals surface area contributed by atoms with Crippen LogP contribution in [0.25, 0.3) is 5.57 Å². The van der Waals surface area contributed by atoms with Crippen molar-refractivity contribution in [1.29, 1.82) is 0 Å². The van der Waals surface area contributed by atoms with E-state index in [-0.39, 0.29) is 6.20 Å². The molecule has 0 saturated carbocycles. The second-order valence-electron chi connectivity index (χ2n) is 6.91. The number of nitrogens with zero attached hydrogens (tertiary/aromatic N) is 2. The van der Waals surface area contributed by atoms with Crippen LogP contribution in [0.3, 0.4) is 0 Å². The minimum absolute atomic E-state index is 0.357. The lowest BCUT2D eigenvalue weighted by Gasteiger charge is -2.41. The molecule has 0 saturated heterocycles. The summed E-state index contributed by atoms with van der Waals surface area (Å²) in [6.07, 6.45) is -8.20. The van der Waals surface area contributed by atoms with Crippen LogP contribution in [-0.4, -0.2) is 58.8 Å². The fourth-order valence-corrected chi connectivity index (χ4v) is 2.25. The highest BCUT2D eigenvalue weighted by Crippen LogP contribution is 2.64. The van der Waals surface area contributed by atoms with Crippen LogP contribution in [0.15, 0.2) is 46.8 Å². The van der Waals surface area contributed by atoms with Gasteiger partial charge in [0.15, 0.2) is 0 Å². The maximum atomic E-state index is 13.7. The Kier molecular flexibility index (Phi) is 8.25. The van der Waals surface area contributed by atoms with Crippen molar-refractivity contribution in [2.45, 2.75) is 47.8 Å². The van der Waals surface area contributed by atoms with Gasteiger partial charge in [-0.05, 0) is 5.56 Å². The summed E-state index contributed by atoms with van der Waals surface area (Å²) in [6.45, 7) is 0. The van der Waals surface area contributed by atoms with Gasteiger partial charge in [-0.3, -0.25) is 0 Å². The number of carboxylic acid groups (broad SMARTS) is 1. The van der Waals surface area contributed by atoms with E-state index in [4.69, 9.17) is 5.11 Å². The molecule has 0 unspecified atom stereocenters. The number of rotatable bonds is 10. The van der Waals surface area contributed by atoms with E-state index >= 15 is 0 Å². The molecule has 0 fully saturated rings. The Bertz CT molecular complexity index is 1080. The van der Waals surface area contributed by atoms with Gasteiger partial charge in [0.2, 0.25) is 0 Å². The standard InChI is InChI=1S/C17H7F17N2O2/c18-10(19,12(22,23)14(26,27)16(30,31)32)11(20,21)13(24,25)15(28,29)17(33,34)36-35-6-8(9(37)38)7-4-2-1-3-5-7/h1-6H,(H,37,38). The van der Waals surface area contributed by atoms with Gasteiger partial charge < -0.3 is 5.11 Å². The number of azo groups is 1. The molecule has 0 aliphatic carbocycles. The average molecular weight is 594 g/mol. The molecular weight excluding hydrogens is 587 g/mol. The summed E-state index contributed by atoms with van der Waals surface area (Å²) in [4.78, 5) is 11.1. The van der Waals surface area contributed by atoms with Crippen LogP contribution < -0.4 is 0 Å². The normalized spacial score (nSPS) is 15.8. The monoisotopic (exact) mass is 594 g/mol. The highest BCUT2D eigenvalue weighted by atomic mass is 19.4. The molecule has 38 heavy (non-hydrogen) atoms. The summed E-state index contributed by atoms with van der Waals surface area (Å²) in [6, 6.07) is -1.76. The van der Waals surface area contributed by atoms with Crippen molar-refractivity contribution in [2.24, 2.45) is 10.2 Å². The molecule has 1 N–H and O–H groups in total. The molecule has 216 valence electrons. The van der Waals surface area contributed by atoms with E-state index in [1.807, 2.05) is 5.11 Å². The molecule has 0 heterocycles. The zero-order valence-corrected chi connectivity index (χ0v) is 17.1. The molecule has 0 aliphatic heterocycles. The molecule has 4 nitrogen and oxygen atoms in total. The van der Waals surface area contributed by atoms with Crippen LogP contribution in [-0.2, 0) is 4.79 Å². The zero-order valence-electron chi connectivity index (χ0n) is 17.1. The van der Waals surface area contributed by atoms with E-state index in [1.54, 1.807) is 0 Å². The number of alkyl halides is 17.